The molecular weight excluding hydrogens is 315 g/mol. The van der Waals surface area contributed by atoms with Gasteiger partial charge in [0.2, 0.25) is 0 Å². The van der Waals surface area contributed by atoms with Crippen LogP contribution in [-0.4, -0.2) is 24.7 Å². The number of hydrogen-bond acceptors (Lipinski definition) is 6. The van der Waals surface area contributed by atoms with Gasteiger partial charge in [-0.2, -0.15) is 5.26 Å². The number of nitrogens with zero attached hydrogens (tertiary/aromatic N) is 6. The largest absolute Gasteiger partial charge is 0.302 e. The maximum absolute atomic E-state index is 13.1. The first kappa shape index (κ1) is 15.1. The molecule has 114 valence electrons. The Morgan fingerprint density at radius 2 is 1.96 bits per heavy atom. The first-order valence-electron chi connectivity index (χ1n) is 6.80. The van der Waals surface area contributed by atoms with Gasteiger partial charge in [0.1, 0.15) is 16.9 Å². The van der Waals surface area contributed by atoms with Crippen molar-refractivity contribution in [2.45, 2.75) is 23.7 Å². The van der Waals surface area contributed by atoms with Gasteiger partial charge in [0.05, 0.1) is 12.4 Å². The highest BCUT2D eigenvalue weighted by molar-refractivity contribution is 7.99. The molecule has 0 aliphatic heterocycles. The van der Waals surface area contributed by atoms with Gasteiger partial charge in [0, 0.05) is 12.1 Å². The maximum atomic E-state index is 13.1. The number of aromatic nitrogens is 5. The predicted octanol–water partition coefficient (Wildman–Crippen LogP) is 2.92. The number of hydrogen-bond donors (Lipinski definition) is 0. The van der Waals surface area contributed by atoms with Gasteiger partial charge in [0.25, 0.3) is 0 Å². The Balaban J connectivity index is 1.91. The Morgan fingerprint density at radius 1 is 1.17 bits per heavy atom. The second-order valence-electron chi connectivity index (χ2n) is 4.51. The highest BCUT2D eigenvalue weighted by Crippen LogP contribution is 2.28. The molecule has 0 N–H and O–H groups in total. The van der Waals surface area contributed by atoms with Crippen molar-refractivity contribution in [3.63, 3.8) is 0 Å². The molecule has 0 amide bonds. The monoisotopic (exact) mass is 326 g/mol. The summed E-state index contributed by atoms with van der Waals surface area (Å²) in [5.41, 5.74) is 1.05. The molecule has 0 radical (unpaired) electrons. The zero-order valence-electron chi connectivity index (χ0n) is 12.1. The molecule has 1 aromatic carbocycles. The lowest BCUT2D eigenvalue weighted by Gasteiger charge is -2.06. The second-order valence-corrected chi connectivity index (χ2v) is 5.50. The molecular formula is C15H11FN6S. The van der Waals surface area contributed by atoms with Crippen LogP contribution in [0.4, 0.5) is 4.39 Å². The molecule has 0 spiro atoms. The van der Waals surface area contributed by atoms with E-state index in [1.165, 1.54) is 36.3 Å². The summed E-state index contributed by atoms with van der Waals surface area (Å²) in [6.07, 6.45) is 2.94. The molecule has 8 heteroatoms. The molecule has 23 heavy (non-hydrogen) atoms. The van der Waals surface area contributed by atoms with Crippen LogP contribution in [0.1, 0.15) is 12.6 Å². The van der Waals surface area contributed by atoms with E-state index in [1.54, 1.807) is 12.1 Å². The number of halogens is 1. The third kappa shape index (κ3) is 3.19. The maximum Gasteiger partial charge on any atom is 0.197 e. The smallest absolute Gasteiger partial charge is 0.197 e. The van der Waals surface area contributed by atoms with Gasteiger partial charge >= 0.3 is 0 Å². The SMILES string of the molecule is CCn1c(Sc2cnc(C#N)cn2)nnc1-c1ccc(F)cc1. The molecule has 0 saturated heterocycles. The molecule has 0 atom stereocenters. The van der Waals surface area contributed by atoms with Crippen LogP contribution in [-0.2, 0) is 6.54 Å². The Hall–Kier alpha value is -2.79. The van der Waals surface area contributed by atoms with Crippen molar-refractivity contribution in [3.8, 4) is 17.5 Å². The minimum atomic E-state index is -0.293. The van der Waals surface area contributed by atoms with Gasteiger partial charge in [0.15, 0.2) is 16.7 Å². The van der Waals surface area contributed by atoms with Gasteiger partial charge in [-0.15, -0.1) is 10.2 Å². The second kappa shape index (κ2) is 6.54. The Morgan fingerprint density at radius 3 is 2.57 bits per heavy atom. The summed E-state index contributed by atoms with van der Waals surface area (Å²) in [5, 5.41) is 18.4. The van der Waals surface area contributed by atoms with E-state index in [-0.39, 0.29) is 11.5 Å². The summed E-state index contributed by atoms with van der Waals surface area (Å²) < 4.78 is 15.0. The fourth-order valence-corrected chi connectivity index (χ4v) is 2.79. The van der Waals surface area contributed by atoms with Gasteiger partial charge < -0.3 is 4.57 Å². The van der Waals surface area contributed by atoms with Crippen LogP contribution in [0, 0.1) is 17.1 Å². The van der Waals surface area contributed by atoms with Crippen LogP contribution in [0.3, 0.4) is 0 Å². The lowest BCUT2D eigenvalue weighted by atomic mass is 10.2. The average Bonchev–Trinajstić information content (AvgIpc) is 2.99. The molecule has 0 bridgehead atoms. The molecule has 0 fully saturated rings. The van der Waals surface area contributed by atoms with Crippen LogP contribution in [0.25, 0.3) is 11.4 Å². The molecule has 6 nitrogen and oxygen atoms in total. The van der Waals surface area contributed by atoms with Crippen molar-refractivity contribution in [1.29, 1.82) is 5.26 Å². The standard InChI is InChI=1S/C15H11FN6S/c1-2-22-14(10-3-5-11(16)6-4-10)20-21-15(22)23-13-9-18-12(7-17)8-19-13/h3-6,8-9H,2H2,1H3. The van der Waals surface area contributed by atoms with Crippen LogP contribution >= 0.6 is 11.8 Å². The lowest BCUT2D eigenvalue weighted by molar-refractivity contribution is 0.627. The highest BCUT2D eigenvalue weighted by atomic mass is 32.2. The lowest BCUT2D eigenvalue weighted by Crippen LogP contribution is -2.00. The summed E-state index contributed by atoms with van der Waals surface area (Å²) in [5.74, 6) is 0.371. The predicted molar refractivity (Wildman–Crippen MR) is 82.0 cm³/mol. The topological polar surface area (TPSA) is 80.3 Å². The fraction of sp³-hybridized carbons (Fsp3) is 0.133. The zero-order valence-corrected chi connectivity index (χ0v) is 13.0. The molecule has 3 aromatic rings. The van der Waals surface area contributed by atoms with Crippen molar-refractivity contribution in [3.05, 3.63) is 48.2 Å². The molecule has 0 saturated carbocycles. The van der Waals surface area contributed by atoms with Gasteiger partial charge in [-0.1, -0.05) is 0 Å². The van der Waals surface area contributed by atoms with Crippen molar-refractivity contribution in [2.24, 2.45) is 0 Å². The molecule has 2 heterocycles. The van der Waals surface area contributed by atoms with Crippen LogP contribution in [0.15, 0.2) is 46.8 Å². The zero-order chi connectivity index (χ0) is 16.2. The Bertz CT molecular complexity index is 851. The fourth-order valence-electron chi connectivity index (χ4n) is 1.98. The third-order valence-electron chi connectivity index (χ3n) is 3.07. The summed E-state index contributed by atoms with van der Waals surface area (Å²) in [6, 6.07) is 8.04. The minimum Gasteiger partial charge on any atom is -0.302 e. The molecule has 0 aliphatic carbocycles. The molecule has 0 unspecified atom stereocenters. The van der Waals surface area contributed by atoms with E-state index < -0.39 is 0 Å². The quantitative estimate of drug-likeness (QED) is 0.733. The van der Waals surface area contributed by atoms with Crippen LogP contribution < -0.4 is 0 Å². The summed E-state index contributed by atoms with van der Waals surface area (Å²) in [4.78, 5) is 8.14. The third-order valence-corrected chi connectivity index (χ3v) is 3.98. The number of rotatable bonds is 4. The van der Waals surface area contributed by atoms with Crippen LogP contribution in [0.2, 0.25) is 0 Å². The number of nitriles is 1. The van der Waals surface area contributed by atoms with E-state index in [0.717, 1.165) is 5.56 Å². The van der Waals surface area contributed by atoms with Crippen LogP contribution in [0.5, 0.6) is 0 Å². The van der Waals surface area contributed by atoms with E-state index in [1.807, 2.05) is 17.6 Å². The van der Waals surface area contributed by atoms with E-state index in [0.29, 0.717) is 22.6 Å². The first-order valence-corrected chi connectivity index (χ1v) is 7.62. The molecule has 3 rings (SSSR count). The first-order chi connectivity index (χ1) is 11.2. The van der Waals surface area contributed by atoms with E-state index in [9.17, 15) is 4.39 Å². The Labute approximate surface area is 136 Å². The normalized spacial score (nSPS) is 10.5. The van der Waals surface area contributed by atoms with E-state index >= 15 is 0 Å². The van der Waals surface area contributed by atoms with E-state index in [2.05, 4.69) is 20.2 Å². The van der Waals surface area contributed by atoms with E-state index in [4.69, 9.17) is 5.26 Å². The Kier molecular flexibility index (Phi) is 4.30. The molecule has 0 aliphatic rings. The van der Waals surface area contributed by atoms with Crippen molar-refractivity contribution in [1.82, 2.24) is 24.7 Å². The molecule has 2 aromatic heterocycles. The minimum absolute atomic E-state index is 0.262. The number of benzene rings is 1. The summed E-state index contributed by atoms with van der Waals surface area (Å²) in [7, 11) is 0. The van der Waals surface area contributed by atoms with Gasteiger partial charge in [-0.3, -0.25) is 0 Å². The highest BCUT2D eigenvalue weighted by Gasteiger charge is 2.14. The van der Waals surface area contributed by atoms with Crippen molar-refractivity contribution < 1.29 is 4.39 Å². The summed E-state index contributed by atoms with van der Waals surface area (Å²) >= 11 is 1.31. The van der Waals surface area contributed by atoms with Gasteiger partial charge in [-0.25, -0.2) is 14.4 Å². The van der Waals surface area contributed by atoms with Crippen molar-refractivity contribution in [2.75, 3.05) is 0 Å². The van der Waals surface area contributed by atoms with Gasteiger partial charge in [-0.05, 0) is 43.0 Å². The summed E-state index contributed by atoms with van der Waals surface area (Å²) in [6.45, 7) is 2.64. The average molecular weight is 326 g/mol. The van der Waals surface area contributed by atoms with Crippen molar-refractivity contribution >= 4 is 11.8 Å².